The highest BCUT2D eigenvalue weighted by Crippen LogP contribution is 2.36. The minimum Gasteiger partial charge on any atom is -0.494 e. The molecule has 26 heavy (non-hydrogen) atoms. The van der Waals surface area contributed by atoms with Gasteiger partial charge in [-0.3, -0.25) is 9.36 Å². The average molecular weight is 371 g/mol. The van der Waals surface area contributed by atoms with Crippen molar-refractivity contribution in [3.63, 3.8) is 0 Å². The molecular formula is C21H26N2O2S. The molecule has 0 fully saturated rings. The Bertz CT molecular complexity index is 955. The van der Waals surface area contributed by atoms with E-state index in [0.29, 0.717) is 6.61 Å². The zero-order chi connectivity index (χ0) is 18.7. The summed E-state index contributed by atoms with van der Waals surface area (Å²) in [6.07, 6.45) is 3.27. The Labute approximate surface area is 158 Å². The molecule has 0 N–H and O–H groups in total. The zero-order valence-electron chi connectivity index (χ0n) is 16.0. The fourth-order valence-electron chi connectivity index (χ4n) is 3.31. The van der Waals surface area contributed by atoms with Crippen LogP contribution in [-0.4, -0.2) is 16.2 Å². The molecule has 0 aliphatic heterocycles. The van der Waals surface area contributed by atoms with Gasteiger partial charge in [0.2, 0.25) is 0 Å². The summed E-state index contributed by atoms with van der Waals surface area (Å²) in [5.74, 6) is 1.65. The number of hydrogen-bond donors (Lipinski definition) is 0. The van der Waals surface area contributed by atoms with E-state index in [1.807, 2.05) is 42.7 Å². The van der Waals surface area contributed by atoms with Crippen molar-refractivity contribution in [2.45, 2.75) is 53.5 Å². The molecular weight excluding hydrogens is 344 g/mol. The first-order chi connectivity index (χ1) is 12.6. The third kappa shape index (κ3) is 3.54. The normalized spacial score (nSPS) is 11.2. The number of thiophene rings is 1. The molecule has 1 aromatic carbocycles. The maximum absolute atomic E-state index is 13.2. The van der Waals surface area contributed by atoms with Gasteiger partial charge in [-0.1, -0.05) is 31.9 Å². The van der Waals surface area contributed by atoms with Crippen LogP contribution < -0.4 is 10.3 Å². The van der Waals surface area contributed by atoms with Crippen molar-refractivity contribution in [2.24, 2.45) is 0 Å². The van der Waals surface area contributed by atoms with Gasteiger partial charge in [-0.05, 0) is 44.9 Å². The van der Waals surface area contributed by atoms with E-state index in [-0.39, 0.29) is 5.56 Å². The molecule has 4 nitrogen and oxygen atoms in total. The second kappa shape index (κ2) is 8.04. The summed E-state index contributed by atoms with van der Waals surface area (Å²) in [7, 11) is 0. The summed E-state index contributed by atoms with van der Waals surface area (Å²) in [6, 6.07) is 7.98. The lowest BCUT2D eigenvalue weighted by molar-refractivity contribution is 0.340. The molecule has 0 saturated heterocycles. The number of benzene rings is 1. The minimum absolute atomic E-state index is 0.0804. The van der Waals surface area contributed by atoms with Crippen LogP contribution in [0.3, 0.4) is 0 Å². The highest BCUT2D eigenvalue weighted by molar-refractivity contribution is 7.19. The molecule has 3 aromatic rings. The first-order valence-electron chi connectivity index (χ1n) is 9.30. The molecule has 0 unspecified atom stereocenters. The number of unbranched alkanes of at least 4 members (excludes halogenated alkanes) is 2. The number of rotatable bonds is 7. The van der Waals surface area contributed by atoms with E-state index in [4.69, 9.17) is 9.72 Å². The molecule has 0 amide bonds. The van der Waals surface area contributed by atoms with E-state index in [9.17, 15) is 4.79 Å². The van der Waals surface area contributed by atoms with E-state index in [1.54, 1.807) is 11.3 Å². The molecule has 2 aromatic heterocycles. The third-order valence-electron chi connectivity index (χ3n) is 4.62. The largest absolute Gasteiger partial charge is 0.494 e. The van der Waals surface area contributed by atoms with Crippen molar-refractivity contribution in [3.8, 4) is 16.9 Å². The van der Waals surface area contributed by atoms with Gasteiger partial charge in [0.05, 0.1) is 12.0 Å². The maximum Gasteiger partial charge on any atom is 0.262 e. The standard InChI is InChI=1S/C21H26N2O2S/c1-5-7-8-13-23-15(4)22-20-19(21(23)24)18(14(3)26-20)16-9-11-17(12-10-16)25-6-2/h9-12H,5-8,13H2,1-4H3. The fraction of sp³-hybridized carbons (Fsp3) is 0.429. The van der Waals surface area contributed by atoms with Crippen LogP contribution in [0.2, 0.25) is 0 Å². The monoisotopic (exact) mass is 370 g/mol. The van der Waals surface area contributed by atoms with Gasteiger partial charge in [0.25, 0.3) is 5.56 Å². The number of nitrogens with zero attached hydrogens (tertiary/aromatic N) is 2. The quantitative estimate of drug-likeness (QED) is 0.528. The van der Waals surface area contributed by atoms with Gasteiger partial charge in [0.1, 0.15) is 16.4 Å². The van der Waals surface area contributed by atoms with Gasteiger partial charge in [-0.25, -0.2) is 4.98 Å². The van der Waals surface area contributed by atoms with E-state index in [2.05, 4.69) is 13.8 Å². The topological polar surface area (TPSA) is 44.1 Å². The summed E-state index contributed by atoms with van der Waals surface area (Å²) in [4.78, 5) is 19.9. The smallest absolute Gasteiger partial charge is 0.262 e. The minimum atomic E-state index is 0.0804. The average Bonchev–Trinajstić information content (AvgIpc) is 2.95. The van der Waals surface area contributed by atoms with Crippen molar-refractivity contribution in [2.75, 3.05) is 6.61 Å². The van der Waals surface area contributed by atoms with Crippen LogP contribution >= 0.6 is 11.3 Å². The Morgan fingerprint density at radius 1 is 1.12 bits per heavy atom. The summed E-state index contributed by atoms with van der Waals surface area (Å²) in [6.45, 7) is 9.51. The molecule has 3 rings (SSSR count). The molecule has 5 heteroatoms. The van der Waals surface area contributed by atoms with Gasteiger partial charge in [0, 0.05) is 17.0 Å². The molecule has 0 aliphatic carbocycles. The van der Waals surface area contributed by atoms with Crippen LogP contribution in [0, 0.1) is 13.8 Å². The van der Waals surface area contributed by atoms with E-state index in [1.165, 1.54) is 0 Å². The highest BCUT2D eigenvalue weighted by Gasteiger charge is 2.18. The van der Waals surface area contributed by atoms with Crippen molar-refractivity contribution in [1.82, 2.24) is 9.55 Å². The Morgan fingerprint density at radius 2 is 1.85 bits per heavy atom. The van der Waals surface area contributed by atoms with Crippen molar-refractivity contribution >= 4 is 21.6 Å². The fourth-order valence-corrected chi connectivity index (χ4v) is 4.39. The van der Waals surface area contributed by atoms with Crippen molar-refractivity contribution < 1.29 is 4.74 Å². The van der Waals surface area contributed by atoms with E-state index >= 15 is 0 Å². The van der Waals surface area contributed by atoms with Crippen LogP contribution in [-0.2, 0) is 6.54 Å². The predicted molar refractivity (Wildman–Crippen MR) is 109 cm³/mol. The SMILES string of the molecule is CCCCCn1c(C)nc2sc(C)c(-c3ccc(OCC)cc3)c2c1=O. The Kier molecular flexibility index (Phi) is 5.77. The second-order valence-corrected chi connectivity index (χ2v) is 7.70. The maximum atomic E-state index is 13.2. The van der Waals surface area contributed by atoms with E-state index in [0.717, 1.165) is 63.6 Å². The van der Waals surface area contributed by atoms with Crippen LogP contribution in [0.25, 0.3) is 21.3 Å². The molecule has 0 atom stereocenters. The molecule has 0 radical (unpaired) electrons. The van der Waals surface area contributed by atoms with Gasteiger partial charge in [-0.2, -0.15) is 0 Å². The first kappa shape index (κ1) is 18.6. The van der Waals surface area contributed by atoms with Gasteiger partial charge < -0.3 is 4.74 Å². The Morgan fingerprint density at radius 3 is 2.50 bits per heavy atom. The van der Waals surface area contributed by atoms with Crippen LogP contribution in [0.15, 0.2) is 29.1 Å². The van der Waals surface area contributed by atoms with Crippen LogP contribution in [0.1, 0.15) is 43.8 Å². The lowest BCUT2D eigenvalue weighted by Gasteiger charge is -2.10. The summed E-state index contributed by atoms with van der Waals surface area (Å²) in [5, 5.41) is 0.749. The van der Waals surface area contributed by atoms with Gasteiger partial charge in [0.15, 0.2) is 0 Å². The molecule has 138 valence electrons. The summed E-state index contributed by atoms with van der Waals surface area (Å²) >= 11 is 1.60. The van der Waals surface area contributed by atoms with Crippen molar-refractivity contribution in [3.05, 3.63) is 45.3 Å². The van der Waals surface area contributed by atoms with Crippen molar-refractivity contribution in [1.29, 1.82) is 0 Å². The molecule has 0 spiro atoms. The summed E-state index contributed by atoms with van der Waals surface area (Å²) < 4.78 is 7.37. The molecule has 0 aliphatic rings. The third-order valence-corrected chi connectivity index (χ3v) is 5.62. The zero-order valence-corrected chi connectivity index (χ0v) is 16.8. The van der Waals surface area contributed by atoms with Crippen LogP contribution in [0.4, 0.5) is 0 Å². The first-order valence-corrected chi connectivity index (χ1v) is 10.1. The molecule has 2 heterocycles. The molecule has 0 saturated carbocycles. The number of aryl methyl sites for hydroxylation is 2. The highest BCUT2D eigenvalue weighted by atomic mass is 32.1. The van der Waals surface area contributed by atoms with Gasteiger partial charge >= 0.3 is 0 Å². The number of ether oxygens (including phenoxy) is 1. The second-order valence-electron chi connectivity index (χ2n) is 6.49. The lowest BCUT2D eigenvalue weighted by Crippen LogP contribution is -2.23. The Balaban J connectivity index is 2.12. The Hall–Kier alpha value is -2.14. The number of aromatic nitrogens is 2. The molecule has 0 bridgehead atoms. The predicted octanol–water partition coefficient (Wildman–Crippen LogP) is 5.33. The summed E-state index contributed by atoms with van der Waals surface area (Å²) in [5.41, 5.74) is 2.13. The van der Waals surface area contributed by atoms with Gasteiger partial charge in [-0.15, -0.1) is 11.3 Å². The lowest BCUT2D eigenvalue weighted by atomic mass is 10.0. The number of hydrogen-bond acceptors (Lipinski definition) is 4. The number of fused-ring (bicyclic) bond motifs is 1. The van der Waals surface area contributed by atoms with Crippen LogP contribution in [0.5, 0.6) is 5.75 Å². The van der Waals surface area contributed by atoms with E-state index < -0.39 is 0 Å².